The van der Waals surface area contributed by atoms with Gasteiger partial charge in [-0.3, -0.25) is 0 Å². The molecule has 82 heavy (non-hydrogen) atoms. The third kappa shape index (κ3) is 120. The Kier molecular flexibility index (Phi) is 193. The number of aryl methyl sites for hydroxylation is 1. The monoisotopic (exact) mass is 1180 g/mol. The number of benzene rings is 1. The number of allylic oxidation sites excluding steroid dienone is 8. The molecule has 1 heterocycles. The minimum absolute atomic E-state index is 0.833. The third-order valence-corrected chi connectivity index (χ3v) is 11.8. The van der Waals surface area contributed by atoms with Gasteiger partial charge in [0.25, 0.3) is 0 Å². The van der Waals surface area contributed by atoms with Crippen molar-refractivity contribution in [3.63, 3.8) is 0 Å². The van der Waals surface area contributed by atoms with Crippen LogP contribution in [0, 0.1) is 48.3 Å². The molecular weight excluding hydrogens is 1000 g/mol. The van der Waals surface area contributed by atoms with Gasteiger partial charge in [-0.15, -0.1) is 11.3 Å². The zero-order chi connectivity index (χ0) is 68.4. The average molecular weight is 1180 g/mol. The lowest BCUT2D eigenvalue weighted by Gasteiger charge is -2.18. The minimum Gasteiger partial charge on any atom is -0.141 e. The first kappa shape index (κ1) is 118. The number of rotatable bonds is 0. The smallest absolute Gasteiger partial charge is 0.0345 e. The van der Waals surface area contributed by atoms with Crippen LogP contribution in [0.1, 0.15) is 390 Å². The molecule has 1 heteroatoms. The average Bonchev–Trinajstić information content (AvgIpc) is 3.83. The summed E-state index contributed by atoms with van der Waals surface area (Å²) in [5.41, 5.74) is 0. The maximum Gasteiger partial charge on any atom is 0.0345 e. The minimum atomic E-state index is 0.833. The Bertz CT molecular complexity index is 1150. The van der Waals surface area contributed by atoms with E-state index < -0.39 is 0 Å². The summed E-state index contributed by atoms with van der Waals surface area (Å²) in [5, 5.41) is 1.37. The van der Waals surface area contributed by atoms with Crippen LogP contribution < -0.4 is 0 Å². The molecule has 0 N–H and O–H groups in total. The fourth-order valence-corrected chi connectivity index (χ4v) is 7.31. The van der Waals surface area contributed by atoms with Crippen molar-refractivity contribution in [3.8, 4) is 0 Å². The quantitative estimate of drug-likeness (QED) is 0.231. The molecule has 0 bridgehead atoms. The Labute approximate surface area is 536 Å². The molecule has 0 saturated heterocycles. The van der Waals surface area contributed by atoms with Crippen molar-refractivity contribution in [2.75, 3.05) is 0 Å². The summed E-state index contributed by atoms with van der Waals surface area (Å²) in [4.78, 5) is 1.39. The van der Waals surface area contributed by atoms with Gasteiger partial charge >= 0.3 is 0 Å². The molecule has 7 aliphatic rings. The van der Waals surface area contributed by atoms with Crippen molar-refractivity contribution < 1.29 is 0 Å². The molecule has 1 aromatic heterocycles. The van der Waals surface area contributed by atoms with Gasteiger partial charge in [0.1, 0.15) is 0 Å². The maximum absolute atomic E-state index is 2.36. The van der Waals surface area contributed by atoms with E-state index in [1.807, 2.05) is 233 Å². The van der Waals surface area contributed by atoms with E-state index in [-0.39, 0.29) is 0 Å². The van der Waals surface area contributed by atoms with E-state index >= 15 is 0 Å². The van der Waals surface area contributed by atoms with Crippen molar-refractivity contribution in [2.24, 2.45) is 41.4 Å². The molecule has 7 aliphatic carbocycles. The molecule has 2 unspecified atom stereocenters. The van der Waals surface area contributed by atoms with Gasteiger partial charge in [-0.05, 0) is 104 Å². The Morgan fingerprint density at radius 1 is 0.305 bits per heavy atom. The van der Waals surface area contributed by atoms with Crippen molar-refractivity contribution in [2.45, 2.75) is 393 Å². The summed E-state index contributed by atoms with van der Waals surface area (Å²) in [6, 6.07) is 10.7. The predicted molar refractivity (Wildman–Crippen MR) is 412 cm³/mol. The molecule has 0 nitrogen and oxygen atoms in total. The second kappa shape index (κ2) is 134. The van der Waals surface area contributed by atoms with Crippen LogP contribution in [0.2, 0.25) is 0 Å². The molecule has 1 aromatic carbocycles. The van der Waals surface area contributed by atoms with Crippen LogP contribution in [0.3, 0.4) is 0 Å². The van der Waals surface area contributed by atoms with Crippen molar-refractivity contribution in [3.05, 3.63) is 83.8 Å². The first-order valence-corrected chi connectivity index (χ1v) is 38.0. The Morgan fingerprint density at radius 2 is 0.585 bits per heavy atom. The van der Waals surface area contributed by atoms with E-state index in [4.69, 9.17) is 0 Å². The topological polar surface area (TPSA) is 0 Å². The van der Waals surface area contributed by atoms with Crippen molar-refractivity contribution >= 4 is 21.4 Å². The van der Waals surface area contributed by atoms with E-state index in [2.05, 4.69) is 134 Å². The molecule has 2 aromatic rings. The van der Waals surface area contributed by atoms with E-state index in [0.29, 0.717) is 0 Å². The van der Waals surface area contributed by atoms with Gasteiger partial charge in [-0.1, -0.05) is 414 Å². The van der Waals surface area contributed by atoms with Gasteiger partial charge in [0.2, 0.25) is 0 Å². The van der Waals surface area contributed by atoms with E-state index in [9.17, 15) is 0 Å². The van der Waals surface area contributed by atoms with Gasteiger partial charge in [0.15, 0.2) is 0 Å². The lowest BCUT2D eigenvalue weighted by Crippen LogP contribution is -2.04. The molecule has 0 aliphatic heterocycles. The largest absolute Gasteiger partial charge is 0.141 e. The molecule has 2 atom stereocenters. The maximum atomic E-state index is 2.36. The lowest BCUT2D eigenvalue weighted by molar-refractivity contribution is 0.346. The Morgan fingerprint density at radius 3 is 0.744 bits per heavy atom. The van der Waals surface area contributed by atoms with E-state index in [1.54, 1.807) is 0 Å². The first-order chi connectivity index (χ1) is 40.1. The summed E-state index contributed by atoms with van der Waals surface area (Å²) in [6.07, 6.45) is 43.6. The Hall–Kier alpha value is -1.86. The number of hydrogen-bond donors (Lipinski definition) is 0. The van der Waals surface area contributed by atoms with Gasteiger partial charge in [0.05, 0.1) is 0 Å². The second-order valence-electron chi connectivity index (χ2n) is 16.9. The zero-order valence-corrected chi connectivity index (χ0v) is 67.0. The molecule has 9 rings (SSSR count). The summed E-state index contributed by atoms with van der Waals surface area (Å²) in [6.45, 7) is 82.1. The van der Waals surface area contributed by atoms with Crippen LogP contribution in [-0.4, -0.2) is 0 Å². The molecule has 3 saturated carbocycles. The molecule has 3 fully saturated rings. The third-order valence-electron chi connectivity index (χ3n) is 10.8. The number of hydrogen-bond acceptors (Lipinski definition) is 1. The van der Waals surface area contributed by atoms with Gasteiger partial charge in [-0.25, -0.2) is 0 Å². The van der Waals surface area contributed by atoms with Crippen LogP contribution >= 0.6 is 11.3 Å². The molecular formula is C81H176S. The summed E-state index contributed by atoms with van der Waals surface area (Å²) >= 11 is 1.85. The SMILES string of the molecule is CC.CC.CC.CC.CC.CC.CC.CC.CC.CC.CC.CC.CC.CC.CC.CC.CC1C=C1.CC1C=CC1.CC1CC=CC1.CC1CC=CCC1.CC1CCC1.CC1CCCC1.CC1CCCCC1.Cc1cc2ccccc2s1. The highest BCUT2D eigenvalue weighted by Gasteiger charge is 2.09. The van der Waals surface area contributed by atoms with Gasteiger partial charge in [0, 0.05) is 9.58 Å². The highest BCUT2D eigenvalue weighted by Crippen LogP contribution is 2.26. The van der Waals surface area contributed by atoms with Crippen LogP contribution in [0.4, 0.5) is 0 Å². The summed E-state index contributed by atoms with van der Waals surface area (Å²) in [5.74, 6) is 6.75. The standard InChI is InChI=1S/C9H8S.C7H14.C7H12.C6H12.C6H10.C5H10.C5H8.C4H6.16C2H6/c1-7-6-8-4-2-3-5-9(8)10-7;2*1-7-5-3-2-4-6-7;2*1-6-4-2-3-5-6;2*1-5-3-2-4-5;1-4-2-3-4;16*1-2/h2-6H,1H3;7H,2-6H2,1H3;2-3,7H,4-6H2,1H3;6H,2-5H2,1H3;2-3,6H,4-5H2,1H3;5H,2-4H2,1H3;2-3,5H,4H2,1H3;2-4H,1H3;16*1-2H3. The van der Waals surface area contributed by atoms with Gasteiger partial charge < -0.3 is 0 Å². The predicted octanol–water partition coefficient (Wildman–Crippen LogP) is 33.3. The summed E-state index contributed by atoms with van der Waals surface area (Å²) in [7, 11) is 0. The summed E-state index contributed by atoms with van der Waals surface area (Å²) < 4.78 is 1.39. The Balaban J connectivity index is -0.0000000453. The van der Waals surface area contributed by atoms with Crippen LogP contribution in [0.15, 0.2) is 78.9 Å². The normalized spacial score (nSPS) is 15.5. The van der Waals surface area contributed by atoms with Crippen LogP contribution in [0.25, 0.3) is 10.1 Å². The van der Waals surface area contributed by atoms with Crippen LogP contribution in [-0.2, 0) is 0 Å². The van der Waals surface area contributed by atoms with Crippen molar-refractivity contribution in [1.82, 2.24) is 0 Å². The van der Waals surface area contributed by atoms with Gasteiger partial charge in [-0.2, -0.15) is 0 Å². The first-order valence-electron chi connectivity index (χ1n) is 37.2. The molecule has 506 valence electrons. The number of thiophene rings is 1. The second-order valence-corrected chi connectivity index (χ2v) is 18.2. The van der Waals surface area contributed by atoms with Crippen molar-refractivity contribution in [1.29, 1.82) is 0 Å². The highest BCUT2D eigenvalue weighted by atomic mass is 32.1. The number of fused-ring (bicyclic) bond motifs is 1. The highest BCUT2D eigenvalue weighted by molar-refractivity contribution is 7.19. The fourth-order valence-electron chi connectivity index (χ4n) is 6.38. The van der Waals surface area contributed by atoms with E-state index in [0.717, 1.165) is 41.4 Å². The molecule has 0 spiro atoms. The molecule has 0 radical (unpaired) electrons. The van der Waals surface area contributed by atoms with E-state index in [1.165, 1.54) is 131 Å². The fraction of sp³-hybridized carbons (Fsp3) is 0.802. The van der Waals surface area contributed by atoms with Crippen LogP contribution in [0.5, 0.6) is 0 Å². The lowest BCUT2D eigenvalue weighted by atomic mass is 9.88. The zero-order valence-electron chi connectivity index (χ0n) is 66.2. The molecule has 0 amide bonds.